The van der Waals surface area contributed by atoms with Gasteiger partial charge in [0.15, 0.2) is 11.6 Å². The van der Waals surface area contributed by atoms with Crippen molar-refractivity contribution in [2.75, 3.05) is 6.61 Å². The predicted octanol–water partition coefficient (Wildman–Crippen LogP) is 1.54. The second-order valence-electron chi connectivity index (χ2n) is 5.53. The van der Waals surface area contributed by atoms with E-state index in [0.29, 0.717) is 19.8 Å². The van der Waals surface area contributed by atoms with E-state index < -0.39 is 0 Å². The summed E-state index contributed by atoms with van der Waals surface area (Å²) in [5, 5.41) is 11.2. The number of benzene rings is 1. The number of hydrogen-bond acceptors (Lipinski definition) is 4. The summed E-state index contributed by atoms with van der Waals surface area (Å²) < 4.78 is 7.35. The smallest absolute Gasteiger partial charge is 0.227 e. The SMILES string of the molecule is Cc1ccccc1C(C)C(=O)NCc1nnc2n1CCOC2. The van der Waals surface area contributed by atoms with Crippen molar-refractivity contribution < 1.29 is 9.53 Å². The van der Waals surface area contributed by atoms with Gasteiger partial charge in [0.05, 0.1) is 19.1 Å². The first kappa shape index (κ1) is 14.7. The van der Waals surface area contributed by atoms with Gasteiger partial charge in [-0.2, -0.15) is 0 Å². The van der Waals surface area contributed by atoms with E-state index in [1.807, 2.05) is 42.7 Å². The van der Waals surface area contributed by atoms with Crippen molar-refractivity contribution in [1.29, 1.82) is 0 Å². The van der Waals surface area contributed by atoms with Crippen LogP contribution in [0.2, 0.25) is 0 Å². The number of amides is 1. The molecular weight excluding hydrogens is 280 g/mol. The Kier molecular flexibility index (Phi) is 4.20. The first-order chi connectivity index (χ1) is 10.7. The molecule has 0 spiro atoms. The highest BCUT2D eigenvalue weighted by atomic mass is 16.5. The summed E-state index contributed by atoms with van der Waals surface area (Å²) in [6, 6.07) is 7.96. The minimum Gasteiger partial charge on any atom is -0.372 e. The fraction of sp³-hybridized carbons (Fsp3) is 0.438. The molecule has 0 bridgehead atoms. The topological polar surface area (TPSA) is 69.0 Å². The lowest BCUT2D eigenvalue weighted by Gasteiger charge is -2.17. The van der Waals surface area contributed by atoms with Crippen LogP contribution in [0.15, 0.2) is 24.3 Å². The molecular formula is C16H20N4O2. The van der Waals surface area contributed by atoms with Crippen LogP contribution in [0.4, 0.5) is 0 Å². The van der Waals surface area contributed by atoms with E-state index in [2.05, 4.69) is 15.5 Å². The maximum absolute atomic E-state index is 12.4. The molecule has 3 rings (SSSR count). The van der Waals surface area contributed by atoms with Crippen molar-refractivity contribution in [3.8, 4) is 0 Å². The summed E-state index contributed by atoms with van der Waals surface area (Å²) in [4.78, 5) is 12.4. The average molecular weight is 300 g/mol. The molecule has 1 aliphatic rings. The van der Waals surface area contributed by atoms with Crippen LogP contribution in [-0.4, -0.2) is 27.3 Å². The molecule has 2 heterocycles. The van der Waals surface area contributed by atoms with Crippen molar-refractivity contribution in [2.45, 2.75) is 39.5 Å². The first-order valence-electron chi connectivity index (χ1n) is 7.48. The zero-order valence-corrected chi connectivity index (χ0v) is 12.9. The standard InChI is InChI=1S/C16H20N4O2/c1-11-5-3-4-6-13(11)12(2)16(21)17-9-14-18-19-15-10-22-8-7-20(14)15/h3-6,12H,7-10H2,1-2H3,(H,17,21). The van der Waals surface area contributed by atoms with Gasteiger partial charge in [-0.15, -0.1) is 10.2 Å². The number of hydrogen-bond donors (Lipinski definition) is 1. The molecule has 0 fully saturated rings. The normalized spacial score (nSPS) is 15.2. The van der Waals surface area contributed by atoms with E-state index in [9.17, 15) is 4.79 Å². The van der Waals surface area contributed by atoms with Gasteiger partial charge < -0.3 is 14.6 Å². The van der Waals surface area contributed by atoms with Crippen LogP contribution in [0.25, 0.3) is 0 Å². The summed E-state index contributed by atoms with van der Waals surface area (Å²) in [6.45, 7) is 6.22. The summed E-state index contributed by atoms with van der Waals surface area (Å²) in [7, 11) is 0. The van der Waals surface area contributed by atoms with Crippen molar-refractivity contribution in [3.05, 3.63) is 47.0 Å². The highest BCUT2D eigenvalue weighted by Crippen LogP contribution is 2.19. The maximum Gasteiger partial charge on any atom is 0.227 e. The van der Waals surface area contributed by atoms with Crippen LogP contribution in [0.3, 0.4) is 0 Å². The average Bonchev–Trinajstić information content (AvgIpc) is 2.95. The van der Waals surface area contributed by atoms with E-state index >= 15 is 0 Å². The fourth-order valence-corrected chi connectivity index (χ4v) is 2.72. The zero-order valence-electron chi connectivity index (χ0n) is 12.9. The number of rotatable bonds is 4. The molecule has 1 aromatic carbocycles. The third kappa shape index (κ3) is 2.87. The van der Waals surface area contributed by atoms with E-state index in [1.54, 1.807) is 0 Å². The van der Waals surface area contributed by atoms with E-state index in [1.165, 1.54) is 0 Å². The van der Waals surface area contributed by atoms with Gasteiger partial charge in [0, 0.05) is 6.54 Å². The fourth-order valence-electron chi connectivity index (χ4n) is 2.72. The molecule has 1 atom stereocenters. The molecule has 1 amide bonds. The van der Waals surface area contributed by atoms with Crippen LogP contribution in [0.1, 0.15) is 35.6 Å². The number of ether oxygens (including phenoxy) is 1. The van der Waals surface area contributed by atoms with Crippen molar-refractivity contribution in [1.82, 2.24) is 20.1 Å². The van der Waals surface area contributed by atoms with E-state index in [-0.39, 0.29) is 11.8 Å². The van der Waals surface area contributed by atoms with Crippen molar-refractivity contribution in [2.24, 2.45) is 0 Å². The quantitative estimate of drug-likeness (QED) is 0.930. The molecule has 1 aliphatic heterocycles. The summed E-state index contributed by atoms with van der Waals surface area (Å²) in [5.41, 5.74) is 2.18. The Labute approximate surface area is 129 Å². The van der Waals surface area contributed by atoms with Gasteiger partial charge in [0.25, 0.3) is 0 Å². The molecule has 0 saturated heterocycles. The lowest BCUT2D eigenvalue weighted by atomic mass is 9.96. The highest BCUT2D eigenvalue weighted by Gasteiger charge is 2.19. The Balaban J connectivity index is 1.65. The number of carbonyl (C=O) groups is 1. The molecule has 22 heavy (non-hydrogen) atoms. The molecule has 116 valence electrons. The second kappa shape index (κ2) is 6.27. The monoisotopic (exact) mass is 300 g/mol. The van der Waals surface area contributed by atoms with E-state index in [4.69, 9.17) is 4.74 Å². The third-order valence-corrected chi connectivity index (χ3v) is 4.06. The minimum atomic E-state index is -0.187. The van der Waals surface area contributed by atoms with Crippen molar-refractivity contribution in [3.63, 3.8) is 0 Å². The van der Waals surface area contributed by atoms with Gasteiger partial charge in [-0.1, -0.05) is 24.3 Å². The van der Waals surface area contributed by atoms with Crippen molar-refractivity contribution >= 4 is 5.91 Å². The summed E-state index contributed by atoms with van der Waals surface area (Å²) >= 11 is 0. The third-order valence-electron chi connectivity index (χ3n) is 4.06. The molecule has 1 aromatic heterocycles. The van der Waals surface area contributed by atoms with Gasteiger partial charge in [0.1, 0.15) is 6.61 Å². The predicted molar refractivity (Wildman–Crippen MR) is 81.1 cm³/mol. The highest BCUT2D eigenvalue weighted by molar-refractivity contribution is 5.83. The van der Waals surface area contributed by atoms with Gasteiger partial charge in [-0.05, 0) is 25.0 Å². The molecule has 1 unspecified atom stereocenters. The van der Waals surface area contributed by atoms with Crippen LogP contribution < -0.4 is 5.32 Å². The zero-order chi connectivity index (χ0) is 15.5. The minimum absolute atomic E-state index is 0.00119. The largest absolute Gasteiger partial charge is 0.372 e. The van der Waals surface area contributed by atoms with Gasteiger partial charge >= 0.3 is 0 Å². The molecule has 6 nitrogen and oxygen atoms in total. The molecule has 0 radical (unpaired) electrons. The Hall–Kier alpha value is -2.21. The summed E-state index contributed by atoms with van der Waals surface area (Å²) in [5.74, 6) is 1.41. The number of nitrogens with one attached hydrogen (secondary N) is 1. The number of fused-ring (bicyclic) bond motifs is 1. The van der Waals surface area contributed by atoms with Crippen LogP contribution in [0.5, 0.6) is 0 Å². The van der Waals surface area contributed by atoms with Crippen LogP contribution in [0, 0.1) is 6.92 Å². The molecule has 2 aromatic rings. The first-order valence-corrected chi connectivity index (χ1v) is 7.48. The molecule has 6 heteroatoms. The number of aromatic nitrogens is 3. The van der Waals surface area contributed by atoms with Gasteiger partial charge in [-0.3, -0.25) is 4.79 Å². The van der Waals surface area contributed by atoms with E-state index in [0.717, 1.165) is 29.3 Å². The lowest BCUT2D eigenvalue weighted by Crippen LogP contribution is -2.30. The number of aryl methyl sites for hydroxylation is 1. The Morgan fingerprint density at radius 2 is 2.23 bits per heavy atom. The Morgan fingerprint density at radius 3 is 3.05 bits per heavy atom. The molecule has 0 saturated carbocycles. The summed E-state index contributed by atoms with van der Waals surface area (Å²) in [6.07, 6.45) is 0. The number of carbonyl (C=O) groups excluding carboxylic acids is 1. The lowest BCUT2D eigenvalue weighted by molar-refractivity contribution is -0.122. The van der Waals surface area contributed by atoms with Gasteiger partial charge in [0.2, 0.25) is 5.91 Å². The maximum atomic E-state index is 12.4. The Bertz CT molecular complexity index is 681. The number of nitrogens with zero attached hydrogens (tertiary/aromatic N) is 3. The molecule has 1 N–H and O–H groups in total. The van der Waals surface area contributed by atoms with Gasteiger partial charge in [-0.25, -0.2) is 0 Å². The Morgan fingerprint density at radius 1 is 1.41 bits per heavy atom. The molecule has 0 aliphatic carbocycles. The van der Waals surface area contributed by atoms with Crippen LogP contribution >= 0.6 is 0 Å². The second-order valence-corrected chi connectivity index (χ2v) is 5.53. The van der Waals surface area contributed by atoms with Crippen LogP contribution in [-0.2, 0) is 29.2 Å².